The number of imide groups is 1. The maximum atomic E-state index is 12.9. The summed E-state index contributed by atoms with van der Waals surface area (Å²) in [7, 11) is 2.08. The number of benzene rings is 2. The number of carbonyl (C=O) groups is 2. The Hall–Kier alpha value is -2.50. The van der Waals surface area contributed by atoms with E-state index < -0.39 is 6.03 Å². The lowest BCUT2D eigenvalue weighted by molar-refractivity contribution is -0.123. The van der Waals surface area contributed by atoms with Gasteiger partial charge in [-0.2, -0.15) is 0 Å². The van der Waals surface area contributed by atoms with Crippen LogP contribution in [0.15, 0.2) is 42.1 Å². The van der Waals surface area contributed by atoms with Crippen molar-refractivity contribution >= 4 is 46.9 Å². The van der Waals surface area contributed by atoms with E-state index in [1.807, 2.05) is 12.1 Å². The van der Waals surface area contributed by atoms with Gasteiger partial charge in [0.25, 0.3) is 5.91 Å². The molecular weight excluding hydrogens is 433 g/mol. The number of hydrogen-bond donors (Lipinski definition) is 1. The summed E-state index contributed by atoms with van der Waals surface area (Å²) >= 11 is 12.5. The van der Waals surface area contributed by atoms with Crippen LogP contribution in [0.25, 0.3) is 6.08 Å². The first-order valence-corrected chi connectivity index (χ1v) is 11.0. The Labute approximate surface area is 192 Å². The molecule has 1 saturated heterocycles. The second-order valence-corrected chi connectivity index (χ2v) is 9.76. The van der Waals surface area contributed by atoms with Crippen LogP contribution in [-0.2, 0) is 11.3 Å². The summed E-state index contributed by atoms with van der Waals surface area (Å²) in [6.07, 6.45) is 2.68. The van der Waals surface area contributed by atoms with Crippen LogP contribution in [-0.4, -0.2) is 29.4 Å². The Morgan fingerprint density at radius 3 is 2.52 bits per heavy atom. The zero-order valence-corrected chi connectivity index (χ0v) is 19.5. The minimum atomic E-state index is -0.449. The van der Waals surface area contributed by atoms with Gasteiger partial charge in [-0.1, -0.05) is 42.3 Å². The zero-order chi connectivity index (χ0) is 22.5. The molecule has 1 fully saturated rings. The van der Waals surface area contributed by atoms with E-state index in [0.717, 1.165) is 23.2 Å². The van der Waals surface area contributed by atoms with Gasteiger partial charge in [0.15, 0.2) is 0 Å². The maximum Gasteiger partial charge on any atom is 0.329 e. The minimum Gasteiger partial charge on any atom is -0.369 e. The zero-order valence-electron chi connectivity index (χ0n) is 18.0. The third kappa shape index (κ3) is 4.04. The SMILES string of the molecule is C[C@@H]1CC(C)(C)N(C)c2cc(Cl)c(/C=C3\NC(=O)N(Cc4ccc(Cl)cc4)C3=O)cc21. The maximum absolute atomic E-state index is 12.9. The van der Waals surface area contributed by atoms with Crippen molar-refractivity contribution in [1.29, 1.82) is 0 Å². The molecule has 4 rings (SSSR count). The molecule has 5 nitrogen and oxygen atoms in total. The van der Waals surface area contributed by atoms with Gasteiger partial charge in [0.2, 0.25) is 0 Å². The highest BCUT2D eigenvalue weighted by atomic mass is 35.5. The van der Waals surface area contributed by atoms with Gasteiger partial charge in [-0.15, -0.1) is 0 Å². The van der Waals surface area contributed by atoms with Gasteiger partial charge in [0, 0.05) is 28.3 Å². The van der Waals surface area contributed by atoms with Gasteiger partial charge in [0.05, 0.1) is 6.54 Å². The number of halogens is 2. The van der Waals surface area contributed by atoms with Gasteiger partial charge < -0.3 is 10.2 Å². The Balaban J connectivity index is 1.63. The van der Waals surface area contributed by atoms with Crippen molar-refractivity contribution in [2.45, 2.75) is 45.2 Å². The summed E-state index contributed by atoms with van der Waals surface area (Å²) in [5.41, 5.74) is 4.08. The average Bonchev–Trinajstić information content (AvgIpc) is 2.96. The van der Waals surface area contributed by atoms with E-state index in [4.69, 9.17) is 23.2 Å². The summed E-state index contributed by atoms with van der Waals surface area (Å²) in [6.45, 7) is 6.82. The van der Waals surface area contributed by atoms with Gasteiger partial charge in [-0.25, -0.2) is 4.79 Å². The molecule has 162 valence electrons. The van der Waals surface area contributed by atoms with E-state index in [2.05, 4.69) is 38.0 Å². The van der Waals surface area contributed by atoms with Crippen molar-refractivity contribution in [3.05, 3.63) is 68.8 Å². The summed E-state index contributed by atoms with van der Waals surface area (Å²) in [6, 6.07) is 10.6. The predicted molar refractivity (Wildman–Crippen MR) is 125 cm³/mol. The minimum absolute atomic E-state index is 0.0350. The smallest absolute Gasteiger partial charge is 0.329 e. The third-order valence-electron chi connectivity index (χ3n) is 6.27. The number of fused-ring (bicyclic) bond motifs is 1. The molecule has 0 unspecified atom stereocenters. The fourth-order valence-electron chi connectivity index (χ4n) is 4.36. The van der Waals surface area contributed by atoms with Crippen LogP contribution in [0.5, 0.6) is 0 Å². The van der Waals surface area contributed by atoms with Crippen molar-refractivity contribution in [3.63, 3.8) is 0 Å². The fourth-order valence-corrected chi connectivity index (χ4v) is 4.70. The molecule has 0 spiro atoms. The Kier molecular flexibility index (Phi) is 5.52. The molecule has 2 aliphatic heterocycles. The van der Waals surface area contributed by atoms with Crippen molar-refractivity contribution in [1.82, 2.24) is 10.2 Å². The predicted octanol–water partition coefficient (Wildman–Crippen LogP) is 5.81. The molecule has 0 saturated carbocycles. The quantitative estimate of drug-likeness (QED) is 0.467. The number of amides is 3. The number of nitrogens with one attached hydrogen (secondary N) is 1. The molecule has 1 atom stereocenters. The van der Waals surface area contributed by atoms with Crippen LogP contribution in [0, 0.1) is 0 Å². The van der Waals surface area contributed by atoms with Crippen molar-refractivity contribution in [2.75, 3.05) is 11.9 Å². The first kappa shape index (κ1) is 21.7. The van der Waals surface area contributed by atoms with Crippen LogP contribution >= 0.6 is 23.2 Å². The van der Waals surface area contributed by atoms with Crippen LogP contribution in [0.4, 0.5) is 10.5 Å². The molecule has 0 aromatic heterocycles. The largest absolute Gasteiger partial charge is 0.369 e. The lowest BCUT2D eigenvalue weighted by atomic mass is 9.80. The molecule has 3 amide bonds. The number of nitrogens with zero attached hydrogens (tertiary/aromatic N) is 2. The second kappa shape index (κ2) is 7.88. The topological polar surface area (TPSA) is 52.7 Å². The van der Waals surface area contributed by atoms with Gasteiger partial charge in [-0.3, -0.25) is 9.69 Å². The first-order valence-electron chi connectivity index (χ1n) is 10.2. The summed E-state index contributed by atoms with van der Waals surface area (Å²) in [5.74, 6) is -0.0223. The van der Waals surface area contributed by atoms with E-state index in [1.54, 1.807) is 30.3 Å². The number of carbonyl (C=O) groups excluding carboxylic acids is 2. The lowest BCUT2D eigenvalue weighted by Crippen LogP contribution is -2.45. The molecule has 31 heavy (non-hydrogen) atoms. The number of urea groups is 1. The normalized spacial score (nSPS) is 21.5. The molecule has 2 aliphatic rings. The van der Waals surface area contributed by atoms with Crippen molar-refractivity contribution in [3.8, 4) is 0 Å². The molecule has 1 N–H and O–H groups in total. The molecule has 0 bridgehead atoms. The summed E-state index contributed by atoms with van der Waals surface area (Å²) < 4.78 is 0. The average molecular weight is 458 g/mol. The van der Waals surface area contributed by atoms with E-state index in [-0.39, 0.29) is 23.7 Å². The van der Waals surface area contributed by atoms with Crippen LogP contribution in [0.3, 0.4) is 0 Å². The first-order chi connectivity index (χ1) is 14.6. The Morgan fingerprint density at radius 1 is 1.16 bits per heavy atom. The molecule has 0 aliphatic carbocycles. The van der Waals surface area contributed by atoms with E-state index in [0.29, 0.717) is 16.0 Å². The number of anilines is 1. The number of hydrogen-bond acceptors (Lipinski definition) is 3. The van der Waals surface area contributed by atoms with Crippen LogP contribution in [0.1, 0.15) is 49.8 Å². The van der Waals surface area contributed by atoms with E-state index >= 15 is 0 Å². The van der Waals surface area contributed by atoms with Crippen molar-refractivity contribution < 1.29 is 9.59 Å². The van der Waals surface area contributed by atoms with Crippen LogP contribution in [0.2, 0.25) is 10.0 Å². The molecular formula is C24H25Cl2N3O2. The highest BCUT2D eigenvalue weighted by Gasteiger charge is 2.36. The fraction of sp³-hybridized carbons (Fsp3) is 0.333. The van der Waals surface area contributed by atoms with Crippen molar-refractivity contribution in [2.24, 2.45) is 0 Å². The monoisotopic (exact) mass is 457 g/mol. The third-order valence-corrected chi connectivity index (χ3v) is 6.85. The second-order valence-electron chi connectivity index (χ2n) is 8.92. The molecule has 0 radical (unpaired) electrons. The summed E-state index contributed by atoms with van der Waals surface area (Å²) in [5, 5.41) is 3.82. The Morgan fingerprint density at radius 2 is 1.84 bits per heavy atom. The standard InChI is InChI=1S/C24H25Cl2N3O2/c1-14-12-24(2,3)28(4)21-11-19(26)16(9-18(14)21)10-20-22(30)29(23(31)27-20)13-15-5-7-17(25)8-6-15/h5-11,14H,12-13H2,1-4H3,(H,27,31)/b20-10-/t14-/m1/s1. The Bertz CT molecular complexity index is 1090. The van der Waals surface area contributed by atoms with Crippen LogP contribution < -0.4 is 10.2 Å². The molecule has 2 aromatic rings. The van der Waals surface area contributed by atoms with Gasteiger partial charge >= 0.3 is 6.03 Å². The number of rotatable bonds is 3. The highest BCUT2D eigenvalue weighted by molar-refractivity contribution is 6.32. The molecule has 2 aromatic carbocycles. The van der Waals surface area contributed by atoms with E-state index in [1.165, 1.54) is 10.5 Å². The highest BCUT2D eigenvalue weighted by Crippen LogP contribution is 2.44. The molecule has 2 heterocycles. The summed E-state index contributed by atoms with van der Waals surface area (Å²) in [4.78, 5) is 28.8. The van der Waals surface area contributed by atoms with Gasteiger partial charge in [-0.05, 0) is 73.2 Å². The lowest BCUT2D eigenvalue weighted by Gasteiger charge is -2.45. The molecule has 7 heteroatoms. The van der Waals surface area contributed by atoms with Gasteiger partial charge in [0.1, 0.15) is 5.70 Å². The van der Waals surface area contributed by atoms with E-state index in [9.17, 15) is 9.59 Å².